The molecule has 0 saturated heterocycles. The summed E-state index contributed by atoms with van der Waals surface area (Å²) in [6.07, 6.45) is 3.74. The molecule has 1 aromatic carbocycles. The Hall–Kier alpha value is -0.870. The normalized spacial score (nSPS) is 21.8. The standard InChI is InChI=1S/C15H20BrNO2/c1-19-15(18)6-3-7-17-14-9-12(10-14)11-4-2-5-13(16)8-11/h2,4-5,8,12,14,17H,3,6-7,9-10H2,1H3. The minimum absolute atomic E-state index is 0.123. The molecule has 1 aliphatic carbocycles. The molecule has 1 aliphatic rings. The number of carbonyl (C=O) groups excluding carboxylic acids is 1. The summed E-state index contributed by atoms with van der Waals surface area (Å²) in [4.78, 5) is 11.0. The van der Waals surface area contributed by atoms with Gasteiger partial charge in [-0.05, 0) is 49.4 Å². The summed E-state index contributed by atoms with van der Waals surface area (Å²) in [5.74, 6) is 0.554. The van der Waals surface area contributed by atoms with Crippen LogP contribution in [0.3, 0.4) is 0 Å². The number of hydrogen-bond acceptors (Lipinski definition) is 3. The minimum Gasteiger partial charge on any atom is -0.469 e. The van der Waals surface area contributed by atoms with E-state index in [-0.39, 0.29) is 5.97 Å². The van der Waals surface area contributed by atoms with Crippen LogP contribution in [0.5, 0.6) is 0 Å². The van der Waals surface area contributed by atoms with E-state index < -0.39 is 0 Å². The maximum Gasteiger partial charge on any atom is 0.305 e. The zero-order chi connectivity index (χ0) is 13.7. The van der Waals surface area contributed by atoms with E-state index in [1.54, 1.807) is 0 Å². The topological polar surface area (TPSA) is 38.3 Å². The van der Waals surface area contributed by atoms with Crippen molar-refractivity contribution in [2.24, 2.45) is 0 Å². The summed E-state index contributed by atoms with van der Waals surface area (Å²) in [7, 11) is 1.43. The van der Waals surface area contributed by atoms with Crippen molar-refractivity contribution in [3.8, 4) is 0 Å². The van der Waals surface area contributed by atoms with Crippen molar-refractivity contribution in [1.82, 2.24) is 5.32 Å². The van der Waals surface area contributed by atoms with Gasteiger partial charge in [0.2, 0.25) is 0 Å². The van der Waals surface area contributed by atoms with Crippen molar-refractivity contribution in [3.05, 3.63) is 34.3 Å². The summed E-state index contributed by atoms with van der Waals surface area (Å²) in [5.41, 5.74) is 1.42. The highest BCUT2D eigenvalue weighted by Gasteiger charge is 2.29. The molecule has 19 heavy (non-hydrogen) atoms. The molecule has 2 rings (SSSR count). The lowest BCUT2D eigenvalue weighted by Gasteiger charge is -2.36. The fourth-order valence-electron chi connectivity index (χ4n) is 2.46. The van der Waals surface area contributed by atoms with E-state index in [2.05, 4.69) is 50.2 Å². The number of halogens is 1. The Morgan fingerprint density at radius 3 is 2.95 bits per heavy atom. The zero-order valence-electron chi connectivity index (χ0n) is 11.2. The number of esters is 1. The Kier molecular flexibility index (Phi) is 5.40. The number of benzene rings is 1. The Morgan fingerprint density at radius 1 is 1.47 bits per heavy atom. The van der Waals surface area contributed by atoms with Gasteiger partial charge < -0.3 is 10.1 Å². The first kappa shape index (κ1) is 14.5. The zero-order valence-corrected chi connectivity index (χ0v) is 12.8. The third-order valence-electron chi connectivity index (χ3n) is 3.68. The van der Waals surface area contributed by atoms with Crippen LogP contribution in [-0.2, 0) is 9.53 Å². The molecule has 0 bridgehead atoms. The van der Waals surface area contributed by atoms with Crippen molar-refractivity contribution in [2.45, 2.75) is 37.6 Å². The summed E-state index contributed by atoms with van der Waals surface area (Å²) < 4.78 is 5.76. The first-order chi connectivity index (χ1) is 9.19. The number of ether oxygens (including phenoxy) is 1. The second kappa shape index (κ2) is 7.06. The van der Waals surface area contributed by atoms with Crippen LogP contribution in [0.2, 0.25) is 0 Å². The molecular formula is C15H20BrNO2. The van der Waals surface area contributed by atoms with E-state index in [1.807, 2.05) is 0 Å². The fraction of sp³-hybridized carbons (Fsp3) is 0.533. The van der Waals surface area contributed by atoms with Gasteiger partial charge in [-0.15, -0.1) is 0 Å². The summed E-state index contributed by atoms with van der Waals surface area (Å²) in [6.45, 7) is 0.894. The van der Waals surface area contributed by atoms with Crippen LogP contribution >= 0.6 is 15.9 Å². The lowest BCUT2D eigenvalue weighted by Crippen LogP contribution is -2.40. The first-order valence-electron chi connectivity index (χ1n) is 6.74. The van der Waals surface area contributed by atoms with Gasteiger partial charge in [0.15, 0.2) is 0 Å². The highest BCUT2D eigenvalue weighted by Crippen LogP contribution is 2.37. The second-order valence-corrected chi connectivity index (χ2v) is 5.97. The van der Waals surface area contributed by atoms with Gasteiger partial charge in [-0.1, -0.05) is 28.1 Å². The Balaban J connectivity index is 1.63. The Labute approximate surface area is 122 Å². The highest BCUT2D eigenvalue weighted by molar-refractivity contribution is 9.10. The van der Waals surface area contributed by atoms with Crippen LogP contribution in [-0.4, -0.2) is 25.7 Å². The van der Waals surface area contributed by atoms with E-state index in [0.29, 0.717) is 18.4 Å². The third kappa shape index (κ3) is 4.32. The average Bonchev–Trinajstić information content (AvgIpc) is 2.35. The molecule has 0 atom stereocenters. The predicted octanol–water partition coefficient (Wildman–Crippen LogP) is 3.24. The Bertz CT molecular complexity index is 430. The van der Waals surface area contributed by atoms with Gasteiger partial charge in [0, 0.05) is 16.9 Å². The maximum absolute atomic E-state index is 11.0. The van der Waals surface area contributed by atoms with Gasteiger partial charge in [0.1, 0.15) is 0 Å². The largest absolute Gasteiger partial charge is 0.469 e. The summed E-state index contributed by atoms with van der Waals surface area (Å²) in [6, 6.07) is 9.16. The summed E-state index contributed by atoms with van der Waals surface area (Å²) >= 11 is 3.51. The van der Waals surface area contributed by atoms with Gasteiger partial charge in [-0.2, -0.15) is 0 Å². The lowest BCUT2D eigenvalue weighted by molar-refractivity contribution is -0.140. The lowest BCUT2D eigenvalue weighted by atomic mass is 9.76. The van der Waals surface area contributed by atoms with Crippen LogP contribution in [0.25, 0.3) is 0 Å². The van der Waals surface area contributed by atoms with Crippen LogP contribution in [0.4, 0.5) is 0 Å². The molecule has 3 nitrogen and oxygen atoms in total. The van der Waals surface area contributed by atoms with Gasteiger partial charge in [-0.3, -0.25) is 4.79 Å². The summed E-state index contributed by atoms with van der Waals surface area (Å²) in [5, 5.41) is 3.49. The molecule has 1 N–H and O–H groups in total. The molecule has 0 heterocycles. The molecule has 4 heteroatoms. The molecule has 1 saturated carbocycles. The van der Waals surface area contributed by atoms with E-state index in [9.17, 15) is 4.79 Å². The quantitative estimate of drug-likeness (QED) is 0.644. The molecule has 104 valence electrons. The predicted molar refractivity (Wildman–Crippen MR) is 79.2 cm³/mol. The van der Waals surface area contributed by atoms with Crippen molar-refractivity contribution in [3.63, 3.8) is 0 Å². The van der Waals surface area contributed by atoms with Crippen LogP contribution in [0, 0.1) is 0 Å². The first-order valence-corrected chi connectivity index (χ1v) is 7.54. The third-order valence-corrected chi connectivity index (χ3v) is 4.17. The van der Waals surface area contributed by atoms with E-state index in [4.69, 9.17) is 0 Å². The van der Waals surface area contributed by atoms with E-state index >= 15 is 0 Å². The average molecular weight is 326 g/mol. The second-order valence-electron chi connectivity index (χ2n) is 5.05. The van der Waals surface area contributed by atoms with Crippen molar-refractivity contribution in [2.75, 3.05) is 13.7 Å². The number of rotatable bonds is 6. The van der Waals surface area contributed by atoms with E-state index in [1.165, 1.54) is 25.5 Å². The molecule has 0 spiro atoms. The van der Waals surface area contributed by atoms with Gasteiger partial charge >= 0.3 is 5.97 Å². The molecule has 1 fully saturated rings. The molecule has 0 unspecified atom stereocenters. The van der Waals surface area contributed by atoms with Gasteiger partial charge in [0.05, 0.1) is 7.11 Å². The number of nitrogens with one attached hydrogen (secondary N) is 1. The van der Waals surface area contributed by atoms with Crippen LogP contribution in [0.1, 0.15) is 37.2 Å². The van der Waals surface area contributed by atoms with Crippen molar-refractivity contribution >= 4 is 21.9 Å². The minimum atomic E-state index is -0.123. The maximum atomic E-state index is 11.0. The molecule has 0 radical (unpaired) electrons. The van der Waals surface area contributed by atoms with Gasteiger partial charge in [0.25, 0.3) is 0 Å². The van der Waals surface area contributed by atoms with Crippen LogP contribution in [0.15, 0.2) is 28.7 Å². The molecular weight excluding hydrogens is 306 g/mol. The van der Waals surface area contributed by atoms with Crippen molar-refractivity contribution < 1.29 is 9.53 Å². The smallest absolute Gasteiger partial charge is 0.305 e. The van der Waals surface area contributed by atoms with E-state index in [0.717, 1.165) is 17.4 Å². The number of carbonyl (C=O) groups is 1. The molecule has 1 aromatic rings. The number of methoxy groups -OCH3 is 1. The molecule has 0 aliphatic heterocycles. The van der Waals surface area contributed by atoms with Gasteiger partial charge in [-0.25, -0.2) is 0 Å². The monoisotopic (exact) mass is 325 g/mol. The van der Waals surface area contributed by atoms with Crippen molar-refractivity contribution in [1.29, 1.82) is 0 Å². The SMILES string of the molecule is COC(=O)CCCNC1CC(c2cccc(Br)c2)C1. The highest BCUT2D eigenvalue weighted by atomic mass is 79.9. The molecule has 0 aromatic heterocycles. The fourth-order valence-corrected chi connectivity index (χ4v) is 2.88. The number of hydrogen-bond donors (Lipinski definition) is 1. The van der Waals surface area contributed by atoms with Crippen LogP contribution < -0.4 is 5.32 Å². The molecule has 0 amide bonds. The Morgan fingerprint density at radius 2 is 2.26 bits per heavy atom.